The van der Waals surface area contributed by atoms with Gasteiger partial charge in [-0.05, 0) is 45.4 Å². The average molecular weight is 689 g/mol. The molecule has 2 saturated heterocycles. The first-order chi connectivity index (χ1) is 22.6. The molecular weight excluding hydrogens is 652 g/mol. The number of β-lactam (4-membered cyclic amide) rings is 1. The SMILES string of the molecule is CCN1CCN(N(C=O)C(C(=O)NC(OC(C)=O)C2=C(C(=O)OC(C)(C)C)N3C(=O)[C@@H](NC=O)[C@H]3SC2)c2ccc(O)cc2)C(=O)C1=O. The first kappa shape index (κ1) is 35.7. The van der Waals surface area contributed by atoms with Crippen LogP contribution >= 0.6 is 11.8 Å². The molecule has 4 rings (SSSR count). The summed E-state index contributed by atoms with van der Waals surface area (Å²) in [5, 5.41) is 15.7. The van der Waals surface area contributed by atoms with E-state index in [0.717, 1.165) is 33.6 Å². The highest BCUT2D eigenvalue weighted by Crippen LogP contribution is 2.42. The second-order valence-electron chi connectivity index (χ2n) is 11.8. The number of amides is 6. The number of hydrogen-bond acceptors (Lipinski definition) is 12. The third-order valence-corrected chi connectivity index (χ3v) is 8.79. The Balaban J connectivity index is 1.78. The van der Waals surface area contributed by atoms with E-state index >= 15 is 0 Å². The Kier molecular flexibility index (Phi) is 10.7. The highest BCUT2D eigenvalue weighted by atomic mass is 32.2. The highest BCUT2D eigenvalue weighted by molar-refractivity contribution is 8.00. The maximum Gasteiger partial charge on any atom is 0.355 e. The van der Waals surface area contributed by atoms with Gasteiger partial charge in [0, 0.05) is 31.3 Å². The standard InChI is InChI=1S/C30H36N6O11S/c1-6-33-11-12-34(27(44)26(33)43)35(15-38)21(17-7-9-18(40)10-8-17)23(41)32-24(46-16(2)39)19-13-48-28-20(31-14-37)25(42)36(28)22(19)29(45)47-30(3,4)5/h7-10,14-15,20-21,24,28,40H,6,11-13H2,1-5H3,(H,31,37)(H,32,41)/t20-,21?,24?,28-/m1/s1. The summed E-state index contributed by atoms with van der Waals surface area (Å²) in [6.45, 7) is 7.71. The summed E-state index contributed by atoms with van der Waals surface area (Å²) in [4.78, 5) is 105. The van der Waals surface area contributed by atoms with Crippen molar-refractivity contribution in [1.82, 2.24) is 30.5 Å². The van der Waals surface area contributed by atoms with E-state index in [-0.39, 0.29) is 54.4 Å². The van der Waals surface area contributed by atoms with Crippen LogP contribution in [-0.4, -0.2) is 122 Å². The number of hydrogen-bond donors (Lipinski definition) is 3. The topological polar surface area (TPSA) is 212 Å². The fraction of sp³-hybridized carbons (Fsp3) is 0.467. The number of esters is 2. The van der Waals surface area contributed by atoms with Gasteiger partial charge in [-0.2, -0.15) is 0 Å². The molecule has 4 atom stereocenters. The molecule has 2 unspecified atom stereocenters. The molecule has 0 saturated carbocycles. The second-order valence-corrected chi connectivity index (χ2v) is 12.9. The van der Waals surface area contributed by atoms with Gasteiger partial charge < -0.3 is 30.1 Å². The molecule has 18 heteroatoms. The van der Waals surface area contributed by atoms with E-state index in [1.54, 1.807) is 27.7 Å². The fourth-order valence-corrected chi connectivity index (χ4v) is 6.72. The zero-order chi connectivity index (χ0) is 35.5. The van der Waals surface area contributed by atoms with Gasteiger partial charge in [0.15, 0.2) is 6.04 Å². The van der Waals surface area contributed by atoms with Crippen molar-refractivity contribution in [2.75, 3.05) is 25.4 Å². The van der Waals surface area contributed by atoms with Crippen molar-refractivity contribution in [3.8, 4) is 5.75 Å². The molecule has 0 bridgehead atoms. The number of rotatable bonds is 12. The van der Waals surface area contributed by atoms with Gasteiger partial charge in [0.25, 0.3) is 11.8 Å². The summed E-state index contributed by atoms with van der Waals surface area (Å²) >= 11 is 1.12. The third kappa shape index (κ3) is 7.22. The molecule has 0 aromatic heterocycles. The number of phenols is 1. The number of nitrogens with zero attached hydrogens (tertiary/aromatic N) is 4. The van der Waals surface area contributed by atoms with Crippen molar-refractivity contribution in [1.29, 1.82) is 0 Å². The fourth-order valence-electron chi connectivity index (χ4n) is 5.34. The Morgan fingerprint density at radius 2 is 1.77 bits per heavy atom. The predicted octanol–water partition coefficient (Wildman–Crippen LogP) is -0.872. The van der Waals surface area contributed by atoms with Gasteiger partial charge in [0.2, 0.25) is 19.0 Å². The highest BCUT2D eigenvalue weighted by Gasteiger charge is 2.55. The number of fused-ring (bicyclic) bond motifs is 1. The molecule has 258 valence electrons. The van der Waals surface area contributed by atoms with Crippen LogP contribution < -0.4 is 10.6 Å². The summed E-state index contributed by atoms with van der Waals surface area (Å²) < 4.78 is 11.0. The summed E-state index contributed by atoms with van der Waals surface area (Å²) in [5.41, 5.74) is -1.27. The van der Waals surface area contributed by atoms with Crippen molar-refractivity contribution in [2.24, 2.45) is 0 Å². The zero-order valence-electron chi connectivity index (χ0n) is 26.8. The molecule has 17 nitrogen and oxygen atoms in total. The van der Waals surface area contributed by atoms with E-state index in [1.807, 2.05) is 0 Å². The Labute approximate surface area is 279 Å². The van der Waals surface area contributed by atoms with Crippen LogP contribution in [-0.2, 0) is 47.8 Å². The van der Waals surface area contributed by atoms with Crippen molar-refractivity contribution in [3.05, 3.63) is 41.1 Å². The van der Waals surface area contributed by atoms with E-state index in [1.165, 1.54) is 29.2 Å². The van der Waals surface area contributed by atoms with Crippen LogP contribution in [0, 0.1) is 0 Å². The molecule has 0 spiro atoms. The number of thioether (sulfide) groups is 1. The third-order valence-electron chi connectivity index (χ3n) is 7.49. The van der Waals surface area contributed by atoms with Crippen LogP contribution in [0.2, 0.25) is 0 Å². The van der Waals surface area contributed by atoms with E-state index in [4.69, 9.17) is 9.47 Å². The van der Waals surface area contributed by atoms with Crippen molar-refractivity contribution in [3.63, 3.8) is 0 Å². The van der Waals surface area contributed by atoms with Crippen molar-refractivity contribution in [2.45, 2.75) is 63.9 Å². The van der Waals surface area contributed by atoms with Crippen LogP contribution in [0.5, 0.6) is 5.75 Å². The smallest absolute Gasteiger partial charge is 0.355 e. The number of hydrazine groups is 1. The molecule has 2 fully saturated rings. The number of piperazine rings is 1. The van der Waals surface area contributed by atoms with E-state index in [9.17, 15) is 43.5 Å². The molecular formula is C30H36N6O11S. The summed E-state index contributed by atoms with van der Waals surface area (Å²) in [6.07, 6.45) is -1.15. The Morgan fingerprint density at radius 1 is 1.10 bits per heavy atom. The lowest BCUT2D eigenvalue weighted by atomic mass is 10.0. The van der Waals surface area contributed by atoms with Crippen LogP contribution in [0.4, 0.5) is 0 Å². The minimum atomic E-state index is -1.70. The largest absolute Gasteiger partial charge is 0.508 e. The molecule has 1 aromatic rings. The molecule has 3 N–H and O–H groups in total. The van der Waals surface area contributed by atoms with Gasteiger partial charge in [-0.3, -0.25) is 38.5 Å². The number of benzene rings is 1. The van der Waals surface area contributed by atoms with Gasteiger partial charge in [-0.15, -0.1) is 11.8 Å². The van der Waals surface area contributed by atoms with Gasteiger partial charge in [-0.1, -0.05) is 12.1 Å². The van der Waals surface area contributed by atoms with E-state index < -0.39 is 64.9 Å². The Morgan fingerprint density at radius 3 is 2.33 bits per heavy atom. The molecule has 3 aliphatic rings. The number of carbonyl (C=O) groups excluding carboxylic acids is 8. The van der Waals surface area contributed by atoms with Gasteiger partial charge in [0.05, 0.1) is 6.54 Å². The summed E-state index contributed by atoms with van der Waals surface area (Å²) in [6, 6.07) is 2.51. The number of nitrogens with one attached hydrogen (secondary N) is 2. The maximum absolute atomic E-state index is 14.2. The van der Waals surface area contributed by atoms with Crippen LogP contribution in [0.15, 0.2) is 35.5 Å². The predicted molar refractivity (Wildman–Crippen MR) is 165 cm³/mol. The number of carbonyl (C=O) groups is 8. The van der Waals surface area contributed by atoms with Gasteiger partial charge in [-0.25, -0.2) is 14.8 Å². The van der Waals surface area contributed by atoms with E-state index in [2.05, 4.69) is 10.6 Å². The molecule has 3 heterocycles. The second kappa shape index (κ2) is 14.3. The minimum absolute atomic E-state index is 0.0307. The van der Waals surface area contributed by atoms with Crippen LogP contribution in [0.1, 0.15) is 46.2 Å². The zero-order valence-corrected chi connectivity index (χ0v) is 27.6. The summed E-state index contributed by atoms with van der Waals surface area (Å²) in [5.74, 6) is -5.71. The van der Waals surface area contributed by atoms with Crippen molar-refractivity contribution < 1.29 is 52.9 Å². The first-order valence-corrected chi connectivity index (χ1v) is 15.9. The number of aromatic hydroxyl groups is 1. The van der Waals surface area contributed by atoms with Crippen LogP contribution in [0.25, 0.3) is 0 Å². The quantitative estimate of drug-likeness (QED) is 0.0804. The van der Waals surface area contributed by atoms with Gasteiger partial charge >= 0.3 is 23.8 Å². The van der Waals surface area contributed by atoms with Crippen molar-refractivity contribution >= 4 is 60.1 Å². The molecule has 0 radical (unpaired) electrons. The number of ether oxygens (including phenoxy) is 2. The molecule has 0 aliphatic carbocycles. The molecule has 1 aromatic carbocycles. The maximum atomic E-state index is 14.2. The molecule has 48 heavy (non-hydrogen) atoms. The normalized spacial score (nSPS) is 20.6. The first-order valence-electron chi connectivity index (χ1n) is 14.8. The van der Waals surface area contributed by atoms with Crippen LogP contribution in [0.3, 0.4) is 0 Å². The average Bonchev–Trinajstić information content (AvgIpc) is 3.02. The minimum Gasteiger partial charge on any atom is -0.508 e. The van der Waals surface area contributed by atoms with E-state index in [0.29, 0.717) is 6.41 Å². The monoisotopic (exact) mass is 688 g/mol. The number of likely N-dealkylation sites (N-methyl/N-ethyl adjacent to an activating group) is 1. The lowest BCUT2D eigenvalue weighted by Crippen LogP contribution is -2.70. The lowest BCUT2D eigenvalue weighted by molar-refractivity contribution is -0.177. The van der Waals surface area contributed by atoms with Gasteiger partial charge in [0.1, 0.15) is 28.5 Å². The number of phenolic OH excluding ortho intramolecular Hbond substituents is 1. The lowest BCUT2D eigenvalue weighted by Gasteiger charge is -2.50. The Hall–Kier alpha value is -5.13. The molecule has 3 aliphatic heterocycles. The Bertz CT molecular complexity index is 1540. The summed E-state index contributed by atoms with van der Waals surface area (Å²) in [7, 11) is 0. The molecule has 6 amide bonds.